The average Bonchev–Trinajstić information content (AvgIpc) is 3.94. The Morgan fingerprint density at radius 3 is 1.72 bits per heavy atom. The molecule has 5 heteroatoms. The van der Waals surface area contributed by atoms with Crippen LogP contribution in [0.15, 0.2) is 221 Å². The summed E-state index contributed by atoms with van der Waals surface area (Å²) in [5, 5.41) is 7.52. The van der Waals surface area contributed by atoms with Crippen molar-refractivity contribution in [2.24, 2.45) is 0 Å². The summed E-state index contributed by atoms with van der Waals surface area (Å²) in [6.45, 7) is 0. The number of furan rings is 2. The van der Waals surface area contributed by atoms with Crippen molar-refractivity contribution in [3.63, 3.8) is 0 Å². The lowest BCUT2D eigenvalue weighted by Gasteiger charge is -2.16. The Labute approximate surface area is 367 Å². The minimum atomic E-state index is 0.635. The molecule has 0 saturated heterocycles. The lowest BCUT2D eigenvalue weighted by molar-refractivity contribution is 0.669. The van der Waals surface area contributed by atoms with Gasteiger partial charge in [-0.15, -0.1) is 0 Å². The fraction of sp³-hybridized carbons (Fsp3) is 0. The van der Waals surface area contributed by atoms with Crippen LogP contribution in [0.3, 0.4) is 0 Å². The molecule has 5 nitrogen and oxygen atoms in total. The molecule has 0 aliphatic heterocycles. The van der Waals surface area contributed by atoms with E-state index in [4.69, 9.17) is 23.8 Å². The van der Waals surface area contributed by atoms with E-state index in [2.05, 4.69) is 170 Å². The molecule has 0 amide bonds. The minimum Gasteiger partial charge on any atom is -0.456 e. The first-order valence-corrected chi connectivity index (χ1v) is 21.5. The van der Waals surface area contributed by atoms with Gasteiger partial charge in [0.1, 0.15) is 22.3 Å². The van der Waals surface area contributed by atoms with Gasteiger partial charge in [0.05, 0.1) is 22.6 Å². The smallest absolute Gasteiger partial charge is 0.160 e. The molecule has 0 unspecified atom stereocenters. The zero-order valence-electron chi connectivity index (χ0n) is 34.4. The number of hydrogen-bond acceptors (Lipinski definition) is 5. The highest BCUT2D eigenvalue weighted by molar-refractivity contribution is 6.27. The second-order valence-corrected chi connectivity index (χ2v) is 16.3. The zero-order valence-corrected chi connectivity index (χ0v) is 34.4. The molecule has 13 rings (SSSR count). The second-order valence-electron chi connectivity index (χ2n) is 16.3. The van der Waals surface area contributed by atoms with E-state index < -0.39 is 0 Å². The number of benzene rings is 9. The van der Waals surface area contributed by atoms with Crippen molar-refractivity contribution < 1.29 is 8.83 Å². The van der Waals surface area contributed by atoms with Crippen LogP contribution in [0.25, 0.3) is 133 Å². The molecule has 0 aliphatic rings. The number of fused-ring (bicyclic) bond motifs is 9. The fourth-order valence-electron chi connectivity index (χ4n) is 9.51. The van der Waals surface area contributed by atoms with Crippen molar-refractivity contribution in [2.75, 3.05) is 0 Å². The fourth-order valence-corrected chi connectivity index (χ4v) is 9.51. The maximum absolute atomic E-state index is 6.72. The lowest BCUT2D eigenvalue weighted by Crippen LogP contribution is -1.97. The number of pyridine rings is 1. The SMILES string of the molecule is c1ccc(-c2ccc(-c3c4c(cc5c(-c6cccc(-c7cc(-c8cccc9c8oc8ccccc89)nc(-c8ccccc8)n7)c6)nc6ccccc6c35)oc3ccccc34)cc2)cc1. The summed E-state index contributed by atoms with van der Waals surface area (Å²) in [7, 11) is 0. The standard InChI is InChI=1S/C59H35N3O2/c1-3-15-36(16-4-1)37-29-31-38(32-30-37)54-55-44-22-7-10-26-48(44)60-57(47(55)34-53-56(54)46-23-9-12-28-52(46)63-53)41-20-13-19-40(33-41)49-35-50(62-59(61-49)39-17-5-2-6-18-39)45-25-14-24-43-42-21-8-11-27-51(42)64-58(43)45/h1-35H. The Morgan fingerprint density at radius 2 is 0.906 bits per heavy atom. The van der Waals surface area contributed by atoms with Gasteiger partial charge in [0.2, 0.25) is 0 Å². The molecular weight excluding hydrogens is 783 g/mol. The molecule has 4 heterocycles. The third kappa shape index (κ3) is 5.83. The van der Waals surface area contributed by atoms with Crippen molar-refractivity contribution in [1.82, 2.24) is 15.0 Å². The molecule has 0 radical (unpaired) electrons. The van der Waals surface area contributed by atoms with Gasteiger partial charge >= 0.3 is 0 Å². The van der Waals surface area contributed by atoms with Crippen LogP contribution in [0.5, 0.6) is 0 Å². The van der Waals surface area contributed by atoms with Gasteiger partial charge in [-0.05, 0) is 59.2 Å². The summed E-state index contributed by atoms with van der Waals surface area (Å²) in [6, 6.07) is 73.7. The van der Waals surface area contributed by atoms with Crippen molar-refractivity contribution >= 4 is 65.6 Å². The number of para-hydroxylation sites is 4. The highest BCUT2D eigenvalue weighted by atomic mass is 16.3. The van der Waals surface area contributed by atoms with Gasteiger partial charge in [0.15, 0.2) is 5.82 Å². The van der Waals surface area contributed by atoms with Crippen LogP contribution in [0.2, 0.25) is 0 Å². The number of aromatic nitrogens is 3. The minimum absolute atomic E-state index is 0.635. The van der Waals surface area contributed by atoms with E-state index in [1.807, 2.05) is 42.5 Å². The lowest BCUT2D eigenvalue weighted by atomic mass is 9.88. The van der Waals surface area contributed by atoms with Crippen LogP contribution in [0.4, 0.5) is 0 Å². The van der Waals surface area contributed by atoms with Crippen LogP contribution in [0, 0.1) is 0 Å². The van der Waals surface area contributed by atoms with Crippen LogP contribution >= 0.6 is 0 Å². The Morgan fingerprint density at radius 1 is 0.312 bits per heavy atom. The predicted molar refractivity (Wildman–Crippen MR) is 262 cm³/mol. The molecule has 0 saturated carbocycles. The van der Waals surface area contributed by atoms with Gasteiger partial charge in [-0.25, -0.2) is 15.0 Å². The van der Waals surface area contributed by atoms with E-state index in [1.54, 1.807) is 0 Å². The van der Waals surface area contributed by atoms with E-state index in [1.165, 1.54) is 11.1 Å². The predicted octanol–water partition coefficient (Wildman–Crippen LogP) is 16.0. The summed E-state index contributed by atoms with van der Waals surface area (Å²) in [5.41, 5.74) is 15.0. The molecule has 0 aliphatic carbocycles. The van der Waals surface area contributed by atoms with Gasteiger partial charge in [-0.3, -0.25) is 0 Å². The molecular formula is C59H35N3O2. The normalized spacial score (nSPS) is 11.8. The van der Waals surface area contributed by atoms with Gasteiger partial charge in [0, 0.05) is 65.5 Å². The van der Waals surface area contributed by atoms with Gasteiger partial charge in [-0.1, -0.05) is 170 Å². The Bertz CT molecular complexity index is 3950. The second kappa shape index (κ2) is 14.5. The van der Waals surface area contributed by atoms with Gasteiger partial charge in [0.25, 0.3) is 0 Å². The van der Waals surface area contributed by atoms with E-state index in [9.17, 15) is 0 Å². The first-order valence-electron chi connectivity index (χ1n) is 21.5. The molecule has 13 aromatic rings. The number of rotatable bonds is 6. The van der Waals surface area contributed by atoms with Crippen molar-refractivity contribution in [1.29, 1.82) is 0 Å². The molecule has 4 aromatic heterocycles. The third-order valence-corrected chi connectivity index (χ3v) is 12.5. The molecule has 0 N–H and O–H groups in total. The number of hydrogen-bond donors (Lipinski definition) is 0. The van der Waals surface area contributed by atoms with Crippen LogP contribution in [-0.4, -0.2) is 15.0 Å². The molecule has 9 aromatic carbocycles. The van der Waals surface area contributed by atoms with E-state index in [-0.39, 0.29) is 0 Å². The number of nitrogens with zero attached hydrogens (tertiary/aromatic N) is 3. The largest absolute Gasteiger partial charge is 0.456 e. The van der Waals surface area contributed by atoms with Crippen LogP contribution in [0.1, 0.15) is 0 Å². The van der Waals surface area contributed by atoms with E-state index in [0.717, 1.165) is 116 Å². The Balaban J connectivity index is 1.04. The quantitative estimate of drug-likeness (QED) is 0.156. The Hall–Kier alpha value is -8.67. The summed E-state index contributed by atoms with van der Waals surface area (Å²) < 4.78 is 13.2. The monoisotopic (exact) mass is 817 g/mol. The van der Waals surface area contributed by atoms with Crippen molar-refractivity contribution in [2.45, 2.75) is 0 Å². The summed E-state index contributed by atoms with van der Waals surface area (Å²) >= 11 is 0. The maximum Gasteiger partial charge on any atom is 0.160 e. The molecule has 0 atom stereocenters. The van der Waals surface area contributed by atoms with E-state index >= 15 is 0 Å². The molecule has 298 valence electrons. The topological polar surface area (TPSA) is 65.0 Å². The summed E-state index contributed by atoms with van der Waals surface area (Å²) in [5.74, 6) is 0.635. The first kappa shape index (κ1) is 36.0. The molecule has 0 bridgehead atoms. The van der Waals surface area contributed by atoms with Gasteiger partial charge < -0.3 is 8.83 Å². The third-order valence-electron chi connectivity index (χ3n) is 12.5. The van der Waals surface area contributed by atoms with Crippen LogP contribution < -0.4 is 0 Å². The van der Waals surface area contributed by atoms with Crippen molar-refractivity contribution in [3.8, 4) is 67.4 Å². The van der Waals surface area contributed by atoms with Crippen LogP contribution in [-0.2, 0) is 0 Å². The summed E-state index contributed by atoms with van der Waals surface area (Å²) in [6.07, 6.45) is 0. The highest BCUT2D eigenvalue weighted by Gasteiger charge is 2.23. The average molecular weight is 818 g/mol. The molecule has 0 spiro atoms. The molecule has 64 heavy (non-hydrogen) atoms. The maximum atomic E-state index is 6.72. The highest BCUT2D eigenvalue weighted by Crippen LogP contribution is 2.47. The zero-order chi connectivity index (χ0) is 42.1. The van der Waals surface area contributed by atoms with E-state index in [0.29, 0.717) is 5.82 Å². The Kier molecular flexibility index (Phi) is 8.15. The van der Waals surface area contributed by atoms with Gasteiger partial charge in [-0.2, -0.15) is 0 Å². The summed E-state index contributed by atoms with van der Waals surface area (Å²) in [4.78, 5) is 15.9. The first-order chi connectivity index (χ1) is 31.7. The molecule has 0 fully saturated rings. The van der Waals surface area contributed by atoms with Crippen molar-refractivity contribution in [3.05, 3.63) is 212 Å².